The number of anilines is 1. The summed E-state index contributed by atoms with van der Waals surface area (Å²) in [6, 6.07) is 13.4. The number of allylic oxidation sites excluding steroid dienone is 2. The summed E-state index contributed by atoms with van der Waals surface area (Å²) >= 11 is 0. The van der Waals surface area contributed by atoms with E-state index in [0.29, 0.717) is 17.1 Å². The third-order valence-electron chi connectivity index (χ3n) is 5.05. The van der Waals surface area contributed by atoms with E-state index in [1.54, 1.807) is 24.4 Å². The van der Waals surface area contributed by atoms with E-state index in [9.17, 15) is 4.79 Å². The second kappa shape index (κ2) is 6.46. The molecule has 0 radical (unpaired) electrons. The van der Waals surface area contributed by atoms with E-state index in [-0.39, 0.29) is 18.1 Å². The van der Waals surface area contributed by atoms with Crippen LogP contribution in [-0.4, -0.2) is 26.0 Å². The number of carbonyl (C=O) groups is 1. The first-order valence-corrected chi connectivity index (χ1v) is 8.75. The summed E-state index contributed by atoms with van der Waals surface area (Å²) in [4.78, 5) is 14.4. The van der Waals surface area contributed by atoms with Crippen molar-refractivity contribution in [3.05, 3.63) is 65.4 Å². The highest BCUT2D eigenvalue weighted by Gasteiger charge is 2.37. The van der Waals surface area contributed by atoms with Crippen LogP contribution in [0.25, 0.3) is 0 Å². The van der Waals surface area contributed by atoms with Crippen LogP contribution in [0.5, 0.6) is 11.5 Å². The fourth-order valence-corrected chi connectivity index (χ4v) is 3.61. The molecule has 6 nitrogen and oxygen atoms in total. The molecule has 2 aromatic rings. The molecule has 0 atom stereocenters. The lowest BCUT2D eigenvalue weighted by Gasteiger charge is -2.23. The Morgan fingerprint density at radius 2 is 1.96 bits per heavy atom. The maximum atomic E-state index is 12.3. The molecule has 27 heavy (non-hydrogen) atoms. The molecule has 0 aromatic heterocycles. The normalized spacial score (nSPS) is 18.2. The molecule has 0 fully saturated rings. The van der Waals surface area contributed by atoms with Crippen molar-refractivity contribution in [2.24, 2.45) is 5.10 Å². The van der Waals surface area contributed by atoms with Crippen LogP contribution in [0.4, 0.5) is 5.69 Å². The Morgan fingerprint density at radius 3 is 2.78 bits per heavy atom. The van der Waals surface area contributed by atoms with E-state index in [4.69, 9.17) is 9.47 Å². The summed E-state index contributed by atoms with van der Waals surface area (Å²) in [5.41, 5.74) is 6.47. The number of hydrogen-bond acceptors (Lipinski definition) is 5. The van der Waals surface area contributed by atoms with Crippen molar-refractivity contribution >= 4 is 17.8 Å². The van der Waals surface area contributed by atoms with Crippen LogP contribution >= 0.6 is 0 Å². The van der Waals surface area contributed by atoms with Gasteiger partial charge in [-0.25, -0.2) is 5.43 Å². The smallest absolute Gasteiger partial charge is 0.271 e. The Balaban J connectivity index is 1.47. The topological polar surface area (TPSA) is 63.2 Å². The van der Waals surface area contributed by atoms with Gasteiger partial charge in [-0.05, 0) is 35.9 Å². The van der Waals surface area contributed by atoms with Gasteiger partial charge in [0.05, 0.1) is 0 Å². The fourth-order valence-electron chi connectivity index (χ4n) is 3.61. The maximum Gasteiger partial charge on any atom is 0.271 e. The highest BCUT2D eigenvalue weighted by atomic mass is 16.7. The van der Waals surface area contributed by atoms with Crippen molar-refractivity contribution in [3.8, 4) is 11.5 Å². The molecule has 6 heteroatoms. The zero-order valence-electron chi connectivity index (χ0n) is 15.5. The molecule has 0 spiro atoms. The second-order valence-corrected chi connectivity index (χ2v) is 7.04. The summed E-state index contributed by atoms with van der Waals surface area (Å²) in [6.45, 7) is 4.54. The van der Waals surface area contributed by atoms with E-state index in [2.05, 4.69) is 47.5 Å². The van der Waals surface area contributed by atoms with Gasteiger partial charge in [-0.1, -0.05) is 32.0 Å². The molecule has 0 saturated heterocycles. The van der Waals surface area contributed by atoms with Crippen LogP contribution in [0.1, 0.15) is 29.8 Å². The van der Waals surface area contributed by atoms with Crippen LogP contribution in [0.2, 0.25) is 0 Å². The molecule has 1 N–H and O–H groups in total. The largest absolute Gasteiger partial charge is 0.454 e. The molecule has 2 aliphatic heterocycles. The molecular weight excluding hydrogens is 342 g/mol. The number of nitrogens with one attached hydrogen (secondary N) is 1. The minimum atomic E-state index is -0.301. The molecule has 0 saturated carbocycles. The highest BCUT2D eigenvalue weighted by molar-refractivity contribution is 5.95. The number of rotatable bonds is 3. The van der Waals surface area contributed by atoms with Crippen LogP contribution < -0.4 is 19.8 Å². The number of para-hydroxylation sites is 1. The number of hydrazone groups is 1. The summed E-state index contributed by atoms with van der Waals surface area (Å²) in [6.07, 6.45) is 3.55. The number of likely N-dealkylation sites (N-methyl/N-ethyl adjacent to an activating group) is 1. The number of carbonyl (C=O) groups excluding carboxylic acids is 1. The molecule has 1 amide bonds. The Labute approximate surface area is 158 Å². The van der Waals surface area contributed by atoms with Crippen molar-refractivity contribution in [3.63, 3.8) is 0 Å². The van der Waals surface area contributed by atoms with Gasteiger partial charge in [-0.2, -0.15) is 5.10 Å². The van der Waals surface area contributed by atoms with Gasteiger partial charge in [-0.3, -0.25) is 4.79 Å². The second-order valence-electron chi connectivity index (χ2n) is 7.04. The van der Waals surface area contributed by atoms with Crippen molar-refractivity contribution < 1.29 is 14.3 Å². The van der Waals surface area contributed by atoms with E-state index < -0.39 is 0 Å². The van der Waals surface area contributed by atoms with Crippen molar-refractivity contribution in [2.45, 2.75) is 19.3 Å². The summed E-state index contributed by atoms with van der Waals surface area (Å²) in [7, 11) is 2.04. The van der Waals surface area contributed by atoms with Crippen molar-refractivity contribution in [1.29, 1.82) is 0 Å². The van der Waals surface area contributed by atoms with Gasteiger partial charge in [0.25, 0.3) is 5.91 Å². The van der Waals surface area contributed by atoms with E-state index in [1.165, 1.54) is 11.3 Å². The average Bonchev–Trinajstić information content (AvgIpc) is 3.21. The molecule has 0 bridgehead atoms. The SMILES string of the molecule is CN1/C(=C\C=N/NC(=O)c2ccc3c(c2)OCO3)C(C)(C)c2ccccc21. The molecule has 4 rings (SSSR count). The number of ether oxygens (including phenoxy) is 2. The molecule has 138 valence electrons. The van der Waals surface area contributed by atoms with Crippen LogP contribution in [0.3, 0.4) is 0 Å². The summed E-state index contributed by atoms with van der Waals surface area (Å²) in [5.74, 6) is 0.914. The number of hydrogen-bond donors (Lipinski definition) is 1. The molecule has 0 unspecified atom stereocenters. The zero-order valence-corrected chi connectivity index (χ0v) is 15.5. The number of fused-ring (bicyclic) bond motifs is 2. The third-order valence-corrected chi connectivity index (χ3v) is 5.05. The van der Waals surface area contributed by atoms with Gasteiger partial charge >= 0.3 is 0 Å². The number of benzene rings is 2. The molecule has 0 aliphatic carbocycles. The Morgan fingerprint density at radius 1 is 1.19 bits per heavy atom. The zero-order chi connectivity index (χ0) is 19.0. The maximum absolute atomic E-state index is 12.3. The minimum absolute atomic E-state index is 0.126. The lowest BCUT2D eigenvalue weighted by molar-refractivity contribution is 0.0954. The van der Waals surface area contributed by atoms with Crippen LogP contribution in [-0.2, 0) is 5.41 Å². The standard InChI is InChI=1S/C21H21N3O3/c1-21(2)15-6-4-5-7-16(15)24(3)19(21)10-11-22-23-20(25)14-8-9-17-18(12-14)27-13-26-17/h4-12H,13H2,1-3H3,(H,23,25)/b19-10-,22-11-. The van der Waals surface area contributed by atoms with Crippen LogP contribution in [0, 0.1) is 0 Å². The van der Waals surface area contributed by atoms with Gasteiger partial charge in [-0.15, -0.1) is 0 Å². The van der Waals surface area contributed by atoms with Crippen LogP contribution in [0.15, 0.2) is 59.3 Å². The predicted molar refractivity (Wildman–Crippen MR) is 104 cm³/mol. The van der Waals surface area contributed by atoms with E-state index in [0.717, 1.165) is 5.70 Å². The lowest BCUT2D eigenvalue weighted by Crippen LogP contribution is -2.23. The Hall–Kier alpha value is -3.28. The van der Waals surface area contributed by atoms with Gasteiger partial charge in [0.1, 0.15) is 0 Å². The Kier molecular flexibility index (Phi) is 4.11. The molecule has 2 heterocycles. The minimum Gasteiger partial charge on any atom is -0.454 e. The number of amides is 1. The van der Waals surface area contributed by atoms with Crippen molar-refractivity contribution in [2.75, 3.05) is 18.7 Å². The molecular formula is C21H21N3O3. The van der Waals surface area contributed by atoms with Gasteiger partial charge in [0.2, 0.25) is 6.79 Å². The number of nitrogens with zero attached hydrogens (tertiary/aromatic N) is 2. The first-order valence-electron chi connectivity index (χ1n) is 8.75. The lowest BCUT2D eigenvalue weighted by atomic mass is 9.84. The highest BCUT2D eigenvalue weighted by Crippen LogP contribution is 2.46. The van der Waals surface area contributed by atoms with Gasteiger partial charge in [0, 0.05) is 35.6 Å². The Bertz CT molecular complexity index is 963. The van der Waals surface area contributed by atoms with Gasteiger partial charge < -0.3 is 14.4 Å². The van der Waals surface area contributed by atoms with Crippen molar-refractivity contribution in [1.82, 2.24) is 5.43 Å². The fraction of sp³-hybridized carbons (Fsp3) is 0.238. The predicted octanol–water partition coefficient (Wildman–Crippen LogP) is 3.44. The molecule has 2 aromatic carbocycles. The van der Waals surface area contributed by atoms with E-state index in [1.807, 2.05) is 19.2 Å². The van der Waals surface area contributed by atoms with E-state index >= 15 is 0 Å². The van der Waals surface area contributed by atoms with Gasteiger partial charge in [0.15, 0.2) is 11.5 Å². The monoisotopic (exact) mass is 363 g/mol. The summed E-state index contributed by atoms with van der Waals surface area (Å²) < 4.78 is 10.5. The third kappa shape index (κ3) is 2.93. The molecule has 2 aliphatic rings. The first-order chi connectivity index (χ1) is 13.0. The first kappa shape index (κ1) is 17.1. The average molecular weight is 363 g/mol. The quantitative estimate of drug-likeness (QED) is 0.670. The summed E-state index contributed by atoms with van der Waals surface area (Å²) in [5, 5.41) is 4.07.